The second-order valence-electron chi connectivity index (χ2n) is 10.9. The van der Waals surface area contributed by atoms with Gasteiger partial charge in [0.1, 0.15) is 11.1 Å². The van der Waals surface area contributed by atoms with Crippen molar-refractivity contribution in [1.29, 1.82) is 0 Å². The van der Waals surface area contributed by atoms with Gasteiger partial charge in [0.15, 0.2) is 0 Å². The summed E-state index contributed by atoms with van der Waals surface area (Å²) in [4.78, 5) is 29.2. The first-order valence-electron chi connectivity index (χ1n) is 12.8. The molecule has 11 nitrogen and oxygen atoms in total. The molecule has 39 heavy (non-hydrogen) atoms. The van der Waals surface area contributed by atoms with Crippen LogP contribution in [0.2, 0.25) is 0 Å². The van der Waals surface area contributed by atoms with Gasteiger partial charge >= 0.3 is 12.2 Å². The largest absolute Gasteiger partial charge is 0.447 e. The maximum atomic E-state index is 13.4. The number of rotatable bonds is 8. The van der Waals surface area contributed by atoms with Crippen LogP contribution in [-0.4, -0.2) is 56.0 Å². The Balaban J connectivity index is 1.82. The third kappa shape index (κ3) is 9.16. The fraction of sp³-hybridized carbons (Fsp3) is 0.577. The summed E-state index contributed by atoms with van der Waals surface area (Å²) in [6.07, 6.45) is 0.994. The van der Waals surface area contributed by atoms with Crippen LogP contribution in [-0.2, 0) is 24.2 Å². The van der Waals surface area contributed by atoms with Crippen molar-refractivity contribution in [3.8, 4) is 10.4 Å². The van der Waals surface area contributed by atoms with Gasteiger partial charge < -0.3 is 19.5 Å². The van der Waals surface area contributed by atoms with Gasteiger partial charge in [0.2, 0.25) is 10.0 Å². The van der Waals surface area contributed by atoms with Crippen LogP contribution in [0.4, 0.5) is 15.3 Å². The number of sulfonamides is 1. The number of anilines is 1. The number of hydrogen-bond acceptors (Lipinski definition) is 9. The maximum Gasteiger partial charge on any atom is 0.411 e. The molecule has 1 aromatic heterocycles. The summed E-state index contributed by atoms with van der Waals surface area (Å²) in [6.45, 7) is 12.6. The first-order chi connectivity index (χ1) is 18.1. The van der Waals surface area contributed by atoms with Crippen LogP contribution in [0.5, 0.6) is 0 Å². The van der Waals surface area contributed by atoms with Gasteiger partial charge in [-0.2, -0.15) is 0 Å². The highest BCUT2D eigenvalue weighted by Gasteiger charge is 2.29. The zero-order valence-corrected chi connectivity index (χ0v) is 25.0. The first kappa shape index (κ1) is 30.8. The van der Waals surface area contributed by atoms with E-state index in [0.717, 1.165) is 0 Å². The molecule has 1 aromatic carbocycles. The molecule has 0 aliphatic carbocycles. The molecule has 0 bridgehead atoms. The Labute approximate surface area is 234 Å². The lowest BCUT2D eigenvalue weighted by atomic mass is 10.1. The second-order valence-corrected chi connectivity index (χ2v) is 13.6. The molecule has 2 atom stereocenters. The van der Waals surface area contributed by atoms with Gasteiger partial charge in [-0.25, -0.2) is 27.7 Å². The van der Waals surface area contributed by atoms with Crippen molar-refractivity contribution in [1.82, 2.24) is 15.0 Å². The van der Waals surface area contributed by atoms with E-state index in [1.165, 1.54) is 17.4 Å². The number of aromatic nitrogens is 1. The number of amides is 2. The average Bonchev–Trinajstić information content (AvgIpc) is 3.27. The summed E-state index contributed by atoms with van der Waals surface area (Å²) in [6, 6.07) is 4.51. The Hall–Kier alpha value is -2.74. The number of carbonyl (C=O) groups is 2. The van der Waals surface area contributed by atoms with Gasteiger partial charge in [-0.3, -0.25) is 5.32 Å². The molecule has 2 aromatic rings. The number of ether oxygens (including phenoxy) is 3. The number of nitrogens with zero attached hydrogens (tertiary/aromatic N) is 1. The zero-order chi connectivity index (χ0) is 29.0. The topological polar surface area (TPSA) is 145 Å². The summed E-state index contributed by atoms with van der Waals surface area (Å²) >= 11 is 1.34. The monoisotopic (exact) mass is 582 g/mol. The molecular weight excluding hydrogens is 544 g/mol. The van der Waals surface area contributed by atoms with Crippen molar-refractivity contribution < 1.29 is 32.2 Å². The highest BCUT2D eigenvalue weighted by atomic mass is 32.2. The Kier molecular flexibility index (Phi) is 9.97. The molecule has 0 radical (unpaired) electrons. The molecule has 2 unspecified atom stereocenters. The van der Waals surface area contributed by atoms with Crippen LogP contribution in [0.3, 0.4) is 0 Å². The molecule has 3 rings (SSSR count). The molecule has 0 spiro atoms. The van der Waals surface area contributed by atoms with Crippen LogP contribution < -0.4 is 15.4 Å². The zero-order valence-electron chi connectivity index (χ0n) is 23.4. The van der Waals surface area contributed by atoms with Crippen molar-refractivity contribution >= 4 is 39.2 Å². The number of hydrogen-bond donors (Lipinski definition) is 3. The summed E-state index contributed by atoms with van der Waals surface area (Å²) in [5, 5.41) is 6.11. The van der Waals surface area contributed by atoms with Crippen molar-refractivity contribution in [2.75, 3.05) is 11.9 Å². The summed E-state index contributed by atoms with van der Waals surface area (Å²) in [7, 11) is -3.97. The highest BCUT2D eigenvalue weighted by Crippen LogP contribution is 2.38. The van der Waals surface area contributed by atoms with Gasteiger partial charge in [0.05, 0.1) is 34.6 Å². The van der Waals surface area contributed by atoms with E-state index in [-0.39, 0.29) is 34.9 Å². The standard InChI is InChI=1S/C26H38N4O7S2/c1-15(2)36-24(31)28-17-8-10-19(22(12-17)39(33,34)30-26(5,6)7)21-13-27-23(38-21)20-11-9-18(14-35-20)29-25(32)37-16(3)4/h8,10,12-13,15-16,18,20,30H,9,11,14H2,1-7H3,(H,28,31)(H,29,32). The van der Waals surface area contributed by atoms with E-state index in [9.17, 15) is 18.0 Å². The minimum atomic E-state index is -3.97. The summed E-state index contributed by atoms with van der Waals surface area (Å²) < 4.78 is 45.7. The fourth-order valence-corrected chi connectivity index (χ4v) is 6.65. The van der Waals surface area contributed by atoms with E-state index in [2.05, 4.69) is 20.3 Å². The Morgan fingerprint density at radius 1 is 1.08 bits per heavy atom. The van der Waals surface area contributed by atoms with Crippen LogP contribution in [0, 0.1) is 0 Å². The lowest BCUT2D eigenvalue weighted by Gasteiger charge is -2.28. The number of benzene rings is 1. The van der Waals surface area contributed by atoms with Crippen LogP contribution >= 0.6 is 11.3 Å². The van der Waals surface area contributed by atoms with E-state index in [4.69, 9.17) is 14.2 Å². The molecule has 216 valence electrons. The van der Waals surface area contributed by atoms with Crippen molar-refractivity contribution in [2.45, 2.75) is 96.1 Å². The number of nitrogens with one attached hydrogen (secondary N) is 3. The second kappa shape index (κ2) is 12.6. The molecule has 1 saturated heterocycles. The summed E-state index contributed by atoms with van der Waals surface area (Å²) in [5.74, 6) is 0. The van der Waals surface area contributed by atoms with Gasteiger partial charge in [-0.05, 0) is 73.4 Å². The van der Waals surface area contributed by atoms with Crippen LogP contribution in [0.15, 0.2) is 29.3 Å². The van der Waals surface area contributed by atoms with Gasteiger partial charge in [0.25, 0.3) is 0 Å². The number of carbonyl (C=O) groups excluding carboxylic acids is 2. The van der Waals surface area contributed by atoms with Crippen molar-refractivity contribution in [3.05, 3.63) is 29.4 Å². The lowest BCUT2D eigenvalue weighted by Crippen LogP contribution is -2.42. The molecular formula is C26H38N4O7S2. The quantitative estimate of drug-likeness (QED) is 0.385. The van der Waals surface area contributed by atoms with E-state index in [1.54, 1.807) is 66.8 Å². The maximum absolute atomic E-state index is 13.4. The predicted molar refractivity (Wildman–Crippen MR) is 149 cm³/mol. The number of thiazole rings is 1. The van der Waals surface area contributed by atoms with E-state index >= 15 is 0 Å². The Morgan fingerprint density at radius 3 is 2.33 bits per heavy atom. The molecule has 0 saturated carbocycles. The smallest absolute Gasteiger partial charge is 0.411 e. The van der Waals surface area contributed by atoms with E-state index in [0.29, 0.717) is 34.9 Å². The molecule has 1 fully saturated rings. The van der Waals surface area contributed by atoms with Gasteiger partial charge in [0, 0.05) is 23.0 Å². The third-order valence-electron chi connectivity index (χ3n) is 5.31. The Morgan fingerprint density at radius 2 is 1.74 bits per heavy atom. The Bertz CT molecular complexity index is 1260. The number of alkyl carbamates (subject to hydrolysis) is 1. The minimum Gasteiger partial charge on any atom is -0.447 e. The predicted octanol–water partition coefficient (Wildman–Crippen LogP) is 5.20. The van der Waals surface area contributed by atoms with Crippen LogP contribution in [0.1, 0.15) is 72.4 Å². The summed E-state index contributed by atoms with van der Waals surface area (Å²) in [5.41, 5.74) is 0.00972. The average molecular weight is 583 g/mol. The fourth-order valence-electron chi connectivity index (χ4n) is 3.88. The van der Waals surface area contributed by atoms with Gasteiger partial charge in [-0.1, -0.05) is 6.07 Å². The lowest BCUT2D eigenvalue weighted by molar-refractivity contribution is -0.00533. The third-order valence-corrected chi connectivity index (χ3v) is 8.23. The normalized spacial score (nSPS) is 18.2. The van der Waals surface area contributed by atoms with E-state index < -0.39 is 27.7 Å². The van der Waals surface area contributed by atoms with E-state index in [1.807, 2.05) is 0 Å². The van der Waals surface area contributed by atoms with Crippen molar-refractivity contribution in [3.63, 3.8) is 0 Å². The highest BCUT2D eigenvalue weighted by molar-refractivity contribution is 7.89. The molecule has 1 aliphatic rings. The van der Waals surface area contributed by atoms with Gasteiger partial charge in [-0.15, -0.1) is 11.3 Å². The first-order valence-corrected chi connectivity index (χ1v) is 15.1. The molecule has 3 N–H and O–H groups in total. The molecule has 2 amide bonds. The van der Waals surface area contributed by atoms with Crippen molar-refractivity contribution in [2.24, 2.45) is 0 Å². The molecule has 13 heteroatoms. The SMILES string of the molecule is CC(C)OC(=O)Nc1ccc(-c2cnc(C3CCC(NC(=O)OC(C)C)CO3)s2)c(S(=O)(=O)NC(C)(C)C)c1. The minimum absolute atomic E-state index is 0.00691. The van der Waals surface area contributed by atoms with Crippen LogP contribution in [0.25, 0.3) is 10.4 Å². The molecule has 1 aliphatic heterocycles. The molecule has 2 heterocycles.